The highest BCUT2D eigenvalue weighted by molar-refractivity contribution is 6.42. The van der Waals surface area contributed by atoms with Crippen LogP contribution in [0.15, 0.2) is 55.1 Å². The minimum Gasteiger partial charge on any atom is -0.530 e. The molecule has 2 amide bonds. The highest BCUT2D eigenvalue weighted by Crippen LogP contribution is 2.38. The Morgan fingerprint density at radius 1 is 1.14 bits per heavy atom. The molecule has 0 bridgehead atoms. The molecule has 0 aromatic heterocycles. The molecule has 0 saturated carbocycles. The highest BCUT2D eigenvalue weighted by atomic mass is 35.5. The smallest absolute Gasteiger partial charge is 0.397 e. The molecular formula is C24H24Cl2F3N2O4-. The molecule has 190 valence electrons. The molecule has 1 atom stereocenters. The Morgan fingerprint density at radius 3 is 2.37 bits per heavy atom. The van der Waals surface area contributed by atoms with Crippen LogP contribution in [0, 0.1) is 0 Å². The number of halogens is 5. The van der Waals surface area contributed by atoms with Gasteiger partial charge in [0, 0.05) is 20.1 Å². The molecule has 2 aromatic rings. The number of ether oxygens (including phenoxy) is 1. The lowest BCUT2D eigenvalue weighted by atomic mass is 9.83. The van der Waals surface area contributed by atoms with E-state index in [0.29, 0.717) is 16.9 Å². The average molecular weight is 532 g/mol. The van der Waals surface area contributed by atoms with Crippen LogP contribution in [-0.4, -0.2) is 48.7 Å². The third-order valence-electron chi connectivity index (χ3n) is 5.43. The Labute approximate surface area is 211 Å². The molecule has 0 aliphatic rings. The van der Waals surface area contributed by atoms with Crippen molar-refractivity contribution in [3.63, 3.8) is 0 Å². The highest BCUT2D eigenvalue weighted by Gasteiger charge is 2.42. The first-order valence-electron chi connectivity index (χ1n) is 10.3. The zero-order valence-electron chi connectivity index (χ0n) is 19.1. The zero-order valence-corrected chi connectivity index (χ0v) is 20.6. The monoisotopic (exact) mass is 531 g/mol. The van der Waals surface area contributed by atoms with Crippen LogP contribution in [0.5, 0.6) is 5.75 Å². The molecule has 0 aliphatic heterocycles. The number of methoxy groups -OCH3 is 1. The van der Waals surface area contributed by atoms with Crippen molar-refractivity contribution in [3.8, 4) is 5.75 Å². The predicted octanol–water partition coefficient (Wildman–Crippen LogP) is 5.03. The van der Waals surface area contributed by atoms with Gasteiger partial charge in [0.05, 0.1) is 22.7 Å². The number of carboxylic acid groups (broad SMARTS) is 1. The van der Waals surface area contributed by atoms with Gasteiger partial charge in [-0.25, -0.2) is 0 Å². The standard InChI is InChI=1S/C24H25Cl2F3N2O4/c1-4-10-23(17-8-9-19(25)20(26)12-17,15-30(2)21(32)13-24(27,28)29)31(22(33)34)14-16-6-5-7-18(11-16)35-3/h4-9,11-12H,1,10,13-15H2,2-3H3,(H,33,34)/p-1/t23-/m1/s1. The Morgan fingerprint density at radius 2 is 1.83 bits per heavy atom. The molecular weight excluding hydrogens is 508 g/mol. The molecule has 0 aliphatic carbocycles. The van der Waals surface area contributed by atoms with Crippen LogP contribution in [0.3, 0.4) is 0 Å². The first kappa shape index (κ1) is 28.3. The van der Waals surface area contributed by atoms with Gasteiger partial charge in [-0.3, -0.25) is 4.79 Å². The molecule has 0 radical (unpaired) electrons. The van der Waals surface area contributed by atoms with E-state index in [1.165, 1.54) is 38.4 Å². The minimum atomic E-state index is -4.73. The summed E-state index contributed by atoms with van der Waals surface area (Å²) in [6.45, 7) is 3.03. The van der Waals surface area contributed by atoms with E-state index >= 15 is 0 Å². The molecule has 0 saturated heterocycles. The van der Waals surface area contributed by atoms with Gasteiger partial charge in [0.25, 0.3) is 0 Å². The third kappa shape index (κ3) is 7.29. The maximum Gasteiger partial charge on any atom is 0.397 e. The van der Waals surface area contributed by atoms with Crippen molar-refractivity contribution in [2.24, 2.45) is 0 Å². The van der Waals surface area contributed by atoms with Crippen LogP contribution in [0.4, 0.5) is 18.0 Å². The van der Waals surface area contributed by atoms with Crippen molar-refractivity contribution in [3.05, 3.63) is 76.3 Å². The van der Waals surface area contributed by atoms with E-state index in [-0.39, 0.29) is 23.0 Å². The lowest BCUT2D eigenvalue weighted by Crippen LogP contribution is -2.58. The molecule has 2 rings (SSSR count). The SMILES string of the molecule is C=CC[C@@](CN(C)C(=O)CC(F)(F)F)(c1ccc(Cl)c(Cl)c1)N(Cc1cccc(OC)c1)C(=O)[O-]. The van der Waals surface area contributed by atoms with E-state index in [1.807, 2.05) is 0 Å². The predicted molar refractivity (Wildman–Crippen MR) is 125 cm³/mol. The average Bonchev–Trinajstić information content (AvgIpc) is 2.77. The number of carbonyl (C=O) groups excluding carboxylic acids is 2. The number of rotatable bonds is 10. The normalized spacial score (nSPS) is 13.0. The van der Waals surface area contributed by atoms with Gasteiger partial charge in [0.2, 0.25) is 5.91 Å². The first-order chi connectivity index (χ1) is 16.3. The fourth-order valence-electron chi connectivity index (χ4n) is 3.78. The fourth-order valence-corrected chi connectivity index (χ4v) is 4.08. The van der Waals surface area contributed by atoms with Crippen LogP contribution in [0.1, 0.15) is 24.0 Å². The molecule has 0 heterocycles. The lowest BCUT2D eigenvalue weighted by Gasteiger charge is -2.47. The van der Waals surface area contributed by atoms with Gasteiger partial charge in [-0.05, 0) is 41.8 Å². The van der Waals surface area contributed by atoms with Crippen molar-refractivity contribution in [2.45, 2.75) is 31.1 Å². The third-order valence-corrected chi connectivity index (χ3v) is 6.17. The number of amides is 2. The van der Waals surface area contributed by atoms with Gasteiger partial charge in [-0.1, -0.05) is 47.5 Å². The second kappa shape index (κ2) is 11.7. The molecule has 0 fully saturated rings. The van der Waals surface area contributed by atoms with E-state index in [1.54, 1.807) is 24.3 Å². The van der Waals surface area contributed by atoms with E-state index in [9.17, 15) is 27.9 Å². The molecule has 0 spiro atoms. The second-order valence-corrected chi connectivity index (χ2v) is 8.71. The number of benzene rings is 2. The molecule has 2 aromatic carbocycles. The molecule has 0 N–H and O–H groups in total. The summed E-state index contributed by atoms with van der Waals surface area (Å²) in [6, 6.07) is 11.0. The first-order valence-corrected chi connectivity index (χ1v) is 11.1. The summed E-state index contributed by atoms with van der Waals surface area (Å²) < 4.78 is 43.9. The van der Waals surface area contributed by atoms with E-state index in [4.69, 9.17) is 27.9 Å². The van der Waals surface area contributed by atoms with Gasteiger partial charge < -0.3 is 24.4 Å². The summed E-state index contributed by atoms with van der Waals surface area (Å²) in [7, 11) is 2.62. The van der Waals surface area contributed by atoms with Gasteiger partial charge in [-0.2, -0.15) is 13.2 Å². The summed E-state index contributed by atoms with van der Waals surface area (Å²) in [5.41, 5.74) is -0.787. The maximum absolute atomic E-state index is 12.9. The van der Waals surface area contributed by atoms with Gasteiger partial charge >= 0.3 is 6.18 Å². The summed E-state index contributed by atoms with van der Waals surface area (Å²) in [4.78, 5) is 26.6. The largest absolute Gasteiger partial charge is 0.530 e. The van der Waals surface area contributed by atoms with Gasteiger partial charge in [0.15, 0.2) is 0 Å². The topological polar surface area (TPSA) is 72.9 Å². The number of carbonyl (C=O) groups is 2. The number of alkyl halides is 3. The minimum absolute atomic E-state index is 0.0768. The van der Waals surface area contributed by atoms with E-state index < -0.39 is 36.7 Å². The summed E-state index contributed by atoms with van der Waals surface area (Å²) in [5.74, 6) is -0.757. The Kier molecular flexibility index (Phi) is 9.45. The quantitative estimate of drug-likeness (QED) is 0.403. The van der Waals surface area contributed by atoms with Crippen LogP contribution < -0.4 is 9.84 Å². The number of likely N-dealkylation sites (N-methyl/N-ethyl adjacent to an activating group) is 1. The summed E-state index contributed by atoms with van der Waals surface area (Å²) in [5, 5.41) is 12.8. The van der Waals surface area contributed by atoms with Gasteiger partial charge in [0.1, 0.15) is 18.3 Å². The Bertz CT molecular complexity index is 1080. The van der Waals surface area contributed by atoms with E-state index in [0.717, 1.165) is 9.80 Å². The van der Waals surface area contributed by atoms with Gasteiger partial charge in [-0.15, -0.1) is 6.58 Å². The van der Waals surface area contributed by atoms with Crippen LogP contribution in [0.2, 0.25) is 10.0 Å². The molecule has 6 nitrogen and oxygen atoms in total. The maximum atomic E-state index is 12.9. The lowest BCUT2D eigenvalue weighted by molar-refractivity contribution is -0.274. The molecule has 11 heteroatoms. The fraction of sp³-hybridized carbons (Fsp3) is 0.333. The summed E-state index contributed by atoms with van der Waals surface area (Å²) in [6.07, 6.45) is -6.71. The zero-order chi connectivity index (χ0) is 26.4. The number of hydrogen-bond acceptors (Lipinski definition) is 4. The van der Waals surface area contributed by atoms with Crippen LogP contribution >= 0.6 is 23.2 Å². The second-order valence-electron chi connectivity index (χ2n) is 7.90. The van der Waals surface area contributed by atoms with Crippen LogP contribution in [-0.2, 0) is 16.9 Å². The van der Waals surface area contributed by atoms with Crippen molar-refractivity contribution in [1.82, 2.24) is 9.80 Å². The van der Waals surface area contributed by atoms with Crippen molar-refractivity contribution >= 4 is 35.2 Å². The number of nitrogens with zero attached hydrogens (tertiary/aromatic N) is 2. The number of hydrogen-bond donors (Lipinski definition) is 0. The molecule has 0 unspecified atom stereocenters. The summed E-state index contributed by atoms with van der Waals surface area (Å²) >= 11 is 12.2. The Hall–Kier alpha value is -2.91. The Balaban J connectivity index is 2.67. The van der Waals surface area contributed by atoms with Crippen molar-refractivity contribution in [1.29, 1.82) is 0 Å². The van der Waals surface area contributed by atoms with Crippen molar-refractivity contribution < 1.29 is 32.6 Å². The van der Waals surface area contributed by atoms with E-state index in [2.05, 4.69) is 6.58 Å². The van der Waals surface area contributed by atoms with Crippen LogP contribution in [0.25, 0.3) is 0 Å². The van der Waals surface area contributed by atoms with Crippen molar-refractivity contribution in [2.75, 3.05) is 20.7 Å². The molecule has 35 heavy (non-hydrogen) atoms.